The normalized spacial score (nSPS) is 26.8. The van der Waals surface area contributed by atoms with Crippen molar-refractivity contribution >= 4 is 5.97 Å². The molecule has 0 spiro atoms. The molecule has 0 saturated heterocycles. The number of hydrogen-bond donors (Lipinski definition) is 1. The second-order valence-corrected chi connectivity index (χ2v) is 6.33. The van der Waals surface area contributed by atoms with Crippen LogP contribution in [0.25, 0.3) is 0 Å². The van der Waals surface area contributed by atoms with Crippen molar-refractivity contribution in [2.75, 3.05) is 13.2 Å². The Hall–Kier alpha value is -0.610. The van der Waals surface area contributed by atoms with Crippen LogP contribution in [0.2, 0.25) is 0 Å². The molecule has 20 heavy (non-hydrogen) atoms. The van der Waals surface area contributed by atoms with Crippen LogP contribution >= 0.6 is 0 Å². The molecule has 4 nitrogen and oxygen atoms in total. The zero-order chi connectivity index (χ0) is 15.2. The van der Waals surface area contributed by atoms with Gasteiger partial charge in [-0.3, -0.25) is 4.79 Å². The average molecular weight is 285 g/mol. The van der Waals surface area contributed by atoms with Crippen LogP contribution in [-0.2, 0) is 14.3 Å². The molecule has 0 bridgehead atoms. The van der Waals surface area contributed by atoms with Crippen LogP contribution in [-0.4, -0.2) is 36.4 Å². The van der Waals surface area contributed by atoms with Crippen molar-refractivity contribution in [3.05, 3.63) is 0 Å². The summed E-state index contributed by atoms with van der Waals surface area (Å²) in [5.74, 6) is -0.117. The molecule has 1 rings (SSSR count). The van der Waals surface area contributed by atoms with E-state index < -0.39 is 5.54 Å². The minimum atomic E-state index is -0.541. The number of hydrogen-bond acceptors (Lipinski definition) is 4. The predicted molar refractivity (Wildman–Crippen MR) is 80.8 cm³/mol. The first-order chi connectivity index (χ1) is 9.39. The van der Waals surface area contributed by atoms with Crippen LogP contribution in [0.15, 0.2) is 0 Å². The van der Waals surface area contributed by atoms with Gasteiger partial charge in [-0.05, 0) is 53.0 Å². The molecule has 0 amide bonds. The Morgan fingerprint density at radius 1 is 1.35 bits per heavy atom. The van der Waals surface area contributed by atoms with Crippen molar-refractivity contribution in [1.29, 1.82) is 0 Å². The zero-order valence-corrected chi connectivity index (χ0v) is 13.8. The van der Waals surface area contributed by atoms with Gasteiger partial charge in [0.1, 0.15) is 5.54 Å². The van der Waals surface area contributed by atoms with E-state index >= 15 is 0 Å². The molecule has 0 aliphatic heterocycles. The Bertz CT molecular complexity index is 317. The number of esters is 1. The lowest BCUT2D eigenvalue weighted by Gasteiger charge is -2.31. The van der Waals surface area contributed by atoms with E-state index in [4.69, 9.17) is 9.47 Å². The van der Waals surface area contributed by atoms with Crippen molar-refractivity contribution in [3.63, 3.8) is 0 Å². The topological polar surface area (TPSA) is 47.6 Å². The molecule has 1 N–H and O–H groups in total. The maximum Gasteiger partial charge on any atom is 0.326 e. The van der Waals surface area contributed by atoms with E-state index in [1.165, 1.54) is 0 Å². The average Bonchev–Trinajstić information content (AvgIpc) is 2.80. The summed E-state index contributed by atoms with van der Waals surface area (Å²) in [5, 5.41) is 3.41. The van der Waals surface area contributed by atoms with E-state index in [2.05, 4.69) is 33.0 Å². The Morgan fingerprint density at radius 3 is 2.60 bits per heavy atom. The zero-order valence-electron chi connectivity index (χ0n) is 13.8. The summed E-state index contributed by atoms with van der Waals surface area (Å²) in [4.78, 5) is 12.3. The minimum Gasteiger partial charge on any atom is -0.465 e. The second kappa shape index (κ2) is 7.41. The maximum absolute atomic E-state index is 12.3. The molecule has 1 fully saturated rings. The standard InChI is InChI=1S/C16H31NO3/c1-6-11-17-16(14(18)19-8-3)10-9-13(12-16)20-15(4,5)7-2/h13,17H,6-12H2,1-5H3. The van der Waals surface area contributed by atoms with Crippen molar-refractivity contribution in [2.24, 2.45) is 0 Å². The third-order valence-corrected chi connectivity index (χ3v) is 4.19. The molecule has 2 unspecified atom stereocenters. The highest BCUT2D eigenvalue weighted by molar-refractivity contribution is 5.81. The molecule has 0 aromatic heterocycles. The summed E-state index contributed by atoms with van der Waals surface area (Å²) in [6.07, 6.45) is 4.55. The molecule has 1 aliphatic carbocycles. The van der Waals surface area contributed by atoms with Crippen molar-refractivity contribution in [1.82, 2.24) is 5.32 Å². The largest absolute Gasteiger partial charge is 0.465 e. The number of rotatable bonds is 8. The van der Waals surface area contributed by atoms with Crippen LogP contribution < -0.4 is 5.32 Å². The molecule has 0 heterocycles. The highest BCUT2D eigenvalue weighted by atomic mass is 16.5. The van der Waals surface area contributed by atoms with E-state index in [0.29, 0.717) is 6.61 Å². The van der Waals surface area contributed by atoms with Gasteiger partial charge < -0.3 is 14.8 Å². The van der Waals surface area contributed by atoms with Crippen LogP contribution in [0.1, 0.15) is 66.7 Å². The van der Waals surface area contributed by atoms with Gasteiger partial charge in [-0.25, -0.2) is 0 Å². The summed E-state index contributed by atoms with van der Waals surface area (Å²) >= 11 is 0. The van der Waals surface area contributed by atoms with E-state index in [9.17, 15) is 4.79 Å². The highest BCUT2D eigenvalue weighted by Gasteiger charge is 2.47. The maximum atomic E-state index is 12.3. The monoisotopic (exact) mass is 285 g/mol. The quantitative estimate of drug-likeness (QED) is 0.696. The van der Waals surface area contributed by atoms with Crippen molar-refractivity contribution in [3.8, 4) is 0 Å². The number of nitrogens with one attached hydrogen (secondary N) is 1. The highest BCUT2D eigenvalue weighted by Crippen LogP contribution is 2.35. The molecule has 1 aliphatic rings. The smallest absolute Gasteiger partial charge is 0.326 e. The van der Waals surface area contributed by atoms with Gasteiger partial charge in [-0.2, -0.15) is 0 Å². The van der Waals surface area contributed by atoms with Gasteiger partial charge in [-0.1, -0.05) is 13.8 Å². The molecule has 0 radical (unpaired) electrons. The predicted octanol–water partition coefficient (Wildman–Crippen LogP) is 3.05. The van der Waals surface area contributed by atoms with E-state index in [-0.39, 0.29) is 17.7 Å². The number of carbonyl (C=O) groups excluding carboxylic acids is 1. The van der Waals surface area contributed by atoms with Crippen molar-refractivity contribution < 1.29 is 14.3 Å². The molecule has 2 atom stereocenters. The van der Waals surface area contributed by atoms with Gasteiger partial charge in [0, 0.05) is 6.42 Å². The molecule has 1 saturated carbocycles. The third kappa shape index (κ3) is 4.45. The Kier molecular flexibility index (Phi) is 6.46. The first-order valence-electron chi connectivity index (χ1n) is 7.99. The lowest BCUT2D eigenvalue weighted by molar-refractivity contribution is -0.152. The summed E-state index contributed by atoms with van der Waals surface area (Å²) < 4.78 is 11.4. The van der Waals surface area contributed by atoms with Crippen LogP contribution in [0, 0.1) is 0 Å². The molecular formula is C16H31NO3. The van der Waals surface area contributed by atoms with E-state index in [0.717, 1.165) is 38.6 Å². The summed E-state index contributed by atoms with van der Waals surface area (Å²) in [5.41, 5.74) is -0.666. The van der Waals surface area contributed by atoms with Gasteiger partial charge in [0.05, 0.1) is 18.3 Å². The Labute approximate surface area is 123 Å². The number of ether oxygens (including phenoxy) is 2. The summed E-state index contributed by atoms with van der Waals surface area (Å²) in [6.45, 7) is 11.6. The third-order valence-electron chi connectivity index (χ3n) is 4.19. The van der Waals surface area contributed by atoms with Gasteiger partial charge in [-0.15, -0.1) is 0 Å². The molecule has 0 aromatic carbocycles. The van der Waals surface area contributed by atoms with E-state index in [1.54, 1.807) is 0 Å². The summed E-state index contributed by atoms with van der Waals surface area (Å²) in [6, 6.07) is 0. The van der Waals surface area contributed by atoms with Crippen molar-refractivity contribution in [2.45, 2.75) is 84.0 Å². The first-order valence-corrected chi connectivity index (χ1v) is 7.99. The van der Waals surface area contributed by atoms with Gasteiger partial charge in [0.2, 0.25) is 0 Å². The SMILES string of the molecule is CCCNC1(C(=O)OCC)CCC(OC(C)(C)CC)C1. The van der Waals surface area contributed by atoms with Crippen LogP contribution in [0.4, 0.5) is 0 Å². The Morgan fingerprint density at radius 2 is 2.05 bits per heavy atom. The molecular weight excluding hydrogens is 254 g/mol. The lowest BCUT2D eigenvalue weighted by atomic mass is 9.97. The van der Waals surface area contributed by atoms with Gasteiger partial charge in [0.15, 0.2) is 0 Å². The van der Waals surface area contributed by atoms with Crippen LogP contribution in [0.3, 0.4) is 0 Å². The van der Waals surface area contributed by atoms with Crippen LogP contribution in [0.5, 0.6) is 0 Å². The fraction of sp³-hybridized carbons (Fsp3) is 0.938. The van der Waals surface area contributed by atoms with Gasteiger partial charge in [0.25, 0.3) is 0 Å². The minimum absolute atomic E-state index is 0.117. The Balaban J connectivity index is 2.70. The number of carbonyl (C=O) groups is 1. The molecule has 118 valence electrons. The molecule has 4 heteroatoms. The van der Waals surface area contributed by atoms with Gasteiger partial charge >= 0.3 is 5.97 Å². The fourth-order valence-electron chi connectivity index (χ4n) is 2.69. The lowest BCUT2D eigenvalue weighted by Crippen LogP contribution is -2.52. The molecule has 0 aromatic rings. The first kappa shape index (κ1) is 17.4. The fourth-order valence-corrected chi connectivity index (χ4v) is 2.69. The van der Waals surface area contributed by atoms with E-state index in [1.807, 2.05) is 6.92 Å². The second-order valence-electron chi connectivity index (χ2n) is 6.33. The summed E-state index contributed by atoms with van der Waals surface area (Å²) in [7, 11) is 0.